The maximum atomic E-state index is 12.8. The van der Waals surface area contributed by atoms with Crippen molar-refractivity contribution in [3.63, 3.8) is 0 Å². The summed E-state index contributed by atoms with van der Waals surface area (Å²) in [5.74, 6) is 0.286. The first-order valence-corrected chi connectivity index (χ1v) is 12.1. The Hall–Kier alpha value is -2.16. The van der Waals surface area contributed by atoms with Crippen molar-refractivity contribution >= 4 is 36.9 Å². The van der Waals surface area contributed by atoms with Crippen LogP contribution in [0.3, 0.4) is 0 Å². The van der Waals surface area contributed by atoms with E-state index < -0.39 is 19.9 Å². The summed E-state index contributed by atoms with van der Waals surface area (Å²) in [5, 5.41) is 2.91. The highest BCUT2D eigenvalue weighted by Crippen LogP contribution is 2.32. The molecule has 0 aliphatic heterocycles. The molecule has 0 saturated heterocycles. The normalized spacial score (nSPS) is 12.3. The predicted molar refractivity (Wildman–Crippen MR) is 108 cm³/mol. The Morgan fingerprint density at radius 2 is 1.44 bits per heavy atom. The summed E-state index contributed by atoms with van der Waals surface area (Å²) in [7, 11) is -7.71. The molecule has 27 heavy (non-hydrogen) atoms. The molecule has 0 atom stereocenters. The van der Waals surface area contributed by atoms with E-state index in [9.17, 15) is 16.8 Å². The first-order chi connectivity index (χ1) is 12.7. The number of rotatable bonds is 6. The van der Waals surface area contributed by atoms with Crippen molar-refractivity contribution in [1.29, 1.82) is 0 Å². The molecule has 0 saturated carbocycles. The Morgan fingerprint density at radius 1 is 0.815 bits per heavy atom. The Kier molecular flexibility index (Phi) is 5.41. The zero-order chi connectivity index (χ0) is 19.7. The number of thiophene rings is 1. The number of anilines is 1. The summed E-state index contributed by atoms with van der Waals surface area (Å²) < 4.78 is 53.5. The maximum Gasteiger partial charge on any atom is 0.261 e. The lowest BCUT2D eigenvalue weighted by Crippen LogP contribution is -2.14. The SMILES string of the molecule is CC(C)c1ccc(S(=O)(=O)Nc2cscc2S(=O)(=O)c2ccccc2)cc1. The number of hydrogen-bond donors (Lipinski definition) is 1. The molecule has 5 nitrogen and oxygen atoms in total. The molecule has 142 valence electrons. The smallest absolute Gasteiger partial charge is 0.261 e. The summed E-state index contributed by atoms with van der Waals surface area (Å²) in [6.45, 7) is 4.04. The van der Waals surface area contributed by atoms with Crippen LogP contribution in [0.25, 0.3) is 0 Å². The molecule has 1 heterocycles. The average molecular weight is 422 g/mol. The first kappa shape index (κ1) is 19.6. The molecule has 0 aliphatic carbocycles. The van der Waals surface area contributed by atoms with Gasteiger partial charge in [-0.2, -0.15) is 0 Å². The number of benzene rings is 2. The van der Waals surface area contributed by atoms with Crippen molar-refractivity contribution in [3.05, 3.63) is 70.9 Å². The van der Waals surface area contributed by atoms with Gasteiger partial charge in [0.05, 0.1) is 15.5 Å². The van der Waals surface area contributed by atoms with E-state index in [1.165, 1.54) is 35.0 Å². The van der Waals surface area contributed by atoms with E-state index in [2.05, 4.69) is 4.72 Å². The molecule has 1 N–H and O–H groups in total. The summed E-state index contributed by atoms with van der Waals surface area (Å²) in [4.78, 5) is 0.146. The molecule has 0 spiro atoms. The Labute approximate surface area is 163 Å². The Bertz CT molecular complexity index is 1130. The van der Waals surface area contributed by atoms with Crippen LogP contribution < -0.4 is 4.72 Å². The van der Waals surface area contributed by atoms with E-state index in [0.29, 0.717) is 0 Å². The zero-order valence-electron chi connectivity index (χ0n) is 14.8. The van der Waals surface area contributed by atoms with Gasteiger partial charge in [-0.15, -0.1) is 11.3 Å². The lowest BCUT2D eigenvalue weighted by molar-refractivity contribution is 0.597. The summed E-state index contributed by atoms with van der Waals surface area (Å²) >= 11 is 1.12. The van der Waals surface area contributed by atoms with Gasteiger partial charge in [0.25, 0.3) is 10.0 Å². The lowest BCUT2D eigenvalue weighted by Gasteiger charge is -2.11. The van der Waals surface area contributed by atoms with Gasteiger partial charge in [-0.05, 0) is 35.7 Å². The van der Waals surface area contributed by atoms with Gasteiger partial charge in [-0.3, -0.25) is 4.72 Å². The molecular weight excluding hydrogens is 402 g/mol. The standard InChI is InChI=1S/C19H19NO4S3/c1-14(2)15-8-10-17(11-9-15)27(23,24)20-18-12-25-13-19(18)26(21,22)16-6-4-3-5-7-16/h3-14,20H,1-2H3. The van der Waals surface area contributed by atoms with Crippen LogP contribution in [0.2, 0.25) is 0 Å². The molecule has 3 rings (SSSR count). The predicted octanol–water partition coefficient (Wildman–Crippen LogP) is 4.51. The number of hydrogen-bond acceptors (Lipinski definition) is 5. The van der Waals surface area contributed by atoms with Crippen LogP contribution in [0.5, 0.6) is 0 Å². The molecule has 8 heteroatoms. The van der Waals surface area contributed by atoms with E-state index in [1.807, 2.05) is 13.8 Å². The highest BCUT2D eigenvalue weighted by molar-refractivity contribution is 7.93. The molecule has 0 radical (unpaired) electrons. The van der Waals surface area contributed by atoms with Crippen LogP contribution >= 0.6 is 11.3 Å². The van der Waals surface area contributed by atoms with Crippen LogP contribution in [0.15, 0.2) is 80.0 Å². The van der Waals surface area contributed by atoms with Crippen molar-refractivity contribution in [1.82, 2.24) is 0 Å². The van der Waals surface area contributed by atoms with E-state index in [1.54, 1.807) is 30.3 Å². The number of sulfone groups is 1. The van der Waals surface area contributed by atoms with E-state index in [-0.39, 0.29) is 26.3 Å². The molecule has 1 aromatic heterocycles. The monoisotopic (exact) mass is 421 g/mol. The summed E-state index contributed by atoms with van der Waals surface area (Å²) in [6.07, 6.45) is 0. The molecule has 0 fully saturated rings. The summed E-state index contributed by atoms with van der Waals surface area (Å²) in [6, 6.07) is 14.5. The van der Waals surface area contributed by atoms with Gasteiger partial charge in [0.15, 0.2) is 0 Å². The van der Waals surface area contributed by atoms with Gasteiger partial charge in [-0.25, -0.2) is 16.8 Å². The molecule has 3 aromatic rings. The van der Waals surface area contributed by atoms with Crippen molar-refractivity contribution in [2.24, 2.45) is 0 Å². The minimum atomic E-state index is -3.90. The van der Waals surface area contributed by atoms with E-state index >= 15 is 0 Å². The summed E-state index contributed by atoms with van der Waals surface area (Å²) in [5.41, 5.74) is 1.08. The Balaban J connectivity index is 1.94. The highest BCUT2D eigenvalue weighted by Gasteiger charge is 2.25. The second kappa shape index (κ2) is 7.46. The van der Waals surface area contributed by atoms with E-state index in [4.69, 9.17) is 0 Å². The zero-order valence-corrected chi connectivity index (χ0v) is 17.2. The van der Waals surface area contributed by atoms with Crippen LogP contribution in [0.4, 0.5) is 5.69 Å². The molecule has 0 aliphatic rings. The van der Waals surface area contributed by atoms with Crippen LogP contribution in [-0.2, 0) is 19.9 Å². The van der Waals surface area contributed by atoms with Crippen LogP contribution in [-0.4, -0.2) is 16.8 Å². The van der Waals surface area contributed by atoms with E-state index in [0.717, 1.165) is 16.9 Å². The Morgan fingerprint density at radius 3 is 2.04 bits per heavy atom. The van der Waals surface area contributed by atoms with Gasteiger partial charge in [0, 0.05) is 10.8 Å². The second-order valence-electron chi connectivity index (χ2n) is 6.30. The molecule has 0 amide bonds. The topological polar surface area (TPSA) is 80.3 Å². The third kappa shape index (κ3) is 4.07. The van der Waals surface area contributed by atoms with Gasteiger partial charge in [0.1, 0.15) is 4.90 Å². The van der Waals surface area contributed by atoms with Crippen LogP contribution in [0, 0.1) is 0 Å². The minimum Gasteiger partial charge on any atom is -0.277 e. The van der Waals surface area contributed by atoms with Gasteiger partial charge >= 0.3 is 0 Å². The number of nitrogens with one attached hydrogen (secondary N) is 1. The fraction of sp³-hybridized carbons (Fsp3) is 0.158. The van der Waals surface area contributed by atoms with Crippen molar-refractivity contribution < 1.29 is 16.8 Å². The maximum absolute atomic E-state index is 12.8. The average Bonchev–Trinajstić information content (AvgIpc) is 3.11. The van der Waals surface area contributed by atoms with Crippen molar-refractivity contribution in [2.45, 2.75) is 34.5 Å². The molecular formula is C19H19NO4S3. The molecule has 0 bridgehead atoms. The van der Waals surface area contributed by atoms with Gasteiger partial charge < -0.3 is 0 Å². The van der Waals surface area contributed by atoms with Gasteiger partial charge in [0.2, 0.25) is 9.84 Å². The van der Waals surface area contributed by atoms with Crippen molar-refractivity contribution in [3.8, 4) is 0 Å². The van der Waals surface area contributed by atoms with Crippen molar-refractivity contribution in [2.75, 3.05) is 4.72 Å². The van der Waals surface area contributed by atoms with Crippen LogP contribution in [0.1, 0.15) is 25.3 Å². The molecule has 0 unspecified atom stereocenters. The first-order valence-electron chi connectivity index (χ1n) is 8.21. The molecule has 2 aromatic carbocycles. The third-order valence-electron chi connectivity index (χ3n) is 4.07. The quantitative estimate of drug-likeness (QED) is 0.635. The minimum absolute atomic E-state index is 0.0526. The second-order valence-corrected chi connectivity index (χ2v) is 10.6. The van der Waals surface area contributed by atoms with Gasteiger partial charge in [-0.1, -0.05) is 44.2 Å². The fourth-order valence-corrected chi connectivity index (χ4v) is 6.30. The number of sulfonamides is 1. The third-order valence-corrected chi connectivity index (χ3v) is 8.15. The lowest BCUT2D eigenvalue weighted by atomic mass is 10.0. The highest BCUT2D eigenvalue weighted by atomic mass is 32.2. The largest absolute Gasteiger partial charge is 0.277 e. The fourth-order valence-electron chi connectivity index (χ4n) is 2.53.